The van der Waals surface area contributed by atoms with Crippen LogP contribution in [-0.2, 0) is 9.59 Å². The Labute approximate surface area is 75.7 Å². The molecular weight excluding hydrogens is 174 g/mol. The fraction of sp³-hybridized carbons (Fsp3) is 0.714. The molecule has 1 saturated heterocycles. The molecule has 2 amide bonds. The Kier molecular flexibility index (Phi) is 3.66. The molecule has 6 heteroatoms. The van der Waals surface area contributed by atoms with E-state index in [1.54, 1.807) is 0 Å². The maximum atomic E-state index is 11.2. The molecule has 0 aromatic heterocycles. The van der Waals surface area contributed by atoms with Crippen molar-refractivity contribution in [2.45, 2.75) is 18.9 Å². The van der Waals surface area contributed by atoms with Crippen LogP contribution in [0.5, 0.6) is 0 Å². The number of amides is 2. The first-order chi connectivity index (χ1) is 6.24. The summed E-state index contributed by atoms with van der Waals surface area (Å²) in [6.07, 6.45) is 0.934. The Morgan fingerprint density at radius 2 is 2.46 bits per heavy atom. The highest BCUT2D eigenvalue weighted by Gasteiger charge is 2.26. The SMILES string of the molecule is O=C1CCC(C(=O)NNCCO)N1. The first kappa shape index (κ1) is 9.94. The summed E-state index contributed by atoms with van der Waals surface area (Å²) in [6, 6.07) is -0.432. The van der Waals surface area contributed by atoms with Crippen LogP contribution in [0, 0.1) is 0 Å². The molecule has 4 N–H and O–H groups in total. The number of aliphatic hydroxyl groups excluding tert-OH is 1. The first-order valence-electron chi connectivity index (χ1n) is 4.17. The number of hydrazine groups is 1. The van der Waals surface area contributed by atoms with Crippen LogP contribution in [0.4, 0.5) is 0 Å². The summed E-state index contributed by atoms with van der Waals surface area (Å²) in [5, 5.41) is 10.9. The molecule has 1 heterocycles. The molecule has 1 unspecified atom stereocenters. The minimum absolute atomic E-state index is 0.0443. The fourth-order valence-corrected chi connectivity index (χ4v) is 1.10. The summed E-state index contributed by atoms with van der Waals surface area (Å²) in [7, 11) is 0. The van der Waals surface area contributed by atoms with E-state index in [4.69, 9.17) is 5.11 Å². The summed E-state index contributed by atoms with van der Waals surface area (Å²) in [4.78, 5) is 21.9. The molecule has 6 nitrogen and oxygen atoms in total. The third-order valence-electron chi connectivity index (χ3n) is 1.76. The predicted octanol–water partition coefficient (Wildman–Crippen LogP) is -2.12. The van der Waals surface area contributed by atoms with Gasteiger partial charge in [-0.05, 0) is 6.42 Å². The van der Waals surface area contributed by atoms with Gasteiger partial charge in [-0.2, -0.15) is 0 Å². The zero-order valence-corrected chi connectivity index (χ0v) is 7.17. The van der Waals surface area contributed by atoms with E-state index >= 15 is 0 Å². The van der Waals surface area contributed by atoms with Crippen molar-refractivity contribution in [2.75, 3.05) is 13.2 Å². The lowest BCUT2D eigenvalue weighted by atomic mass is 10.2. The number of carbonyl (C=O) groups excluding carboxylic acids is 2. The Bertz CT molecular complexity index is 207. The normalized spacial score (nSPS) is 21.3. The van der Waals surface area contributed by atoms with Gasteiger partial charge in [0.15, 0.2) is 0 Å². The van der Waals surface area contributed by atoms with Crippen LogP contribution >= 0.6 is 0 Å². The van der Waals surface area contributed by atoms with Crippen molar-refractivity contribution in [3.63, 3.8) is 0 Å². The third kappa shape index (κ3) is 3.00. The van der Waals surface area contributed by atoms with Crippen LogP contribution in [-0.4, -0.2) is 36.1 Å². The van der Waals surface area contributed by atoms with Gasteiger partial charge in [-0.1, -0.05) is 0 Å². The molecule has 0 bridgehead atoms. The van der Waals surface area contributed by atoms with Gasteiger partial charge in [0.05, 0.1) is 6.61 Å². The van der Waals surface area contributed by atoms with Crippen LogP contribution in [0.25, 0.3) is 0 Å². The Balaban J connectivity index is 2.20. The lowest BCUT2D eigenvalue weighted by Crippen LogP contribution is -2.48. The van der Waals surface area contributed by atoms with E-state index in [0.29, 0.717) is 19.4 Å². The largest absolute Gasteiger partial charge is 0.395 e. The summed E-state index contributed by atoms with van der Waals surface area (Å²) in [5.41, 5.74) is 4.91. The van der Waals surface area contributed by atoms with E-state index < -0.39 is 6.04 Å². The van der Waals surface area contributed by atoms with Crippen molar-refractivity contribution >= 4 is 11.8 Å². The van der Waals surface area contributed by atoms with E-state index in [9.17, 15) is 9.59 Å². The molecule has 1 aliphatic rings. The van der Waals surface area contributed by atoms with Gasteiger partial charge in [0.2, 0.25) is 5.91 Å². The highest BCUT2D eigenvalue weighted by atomic mass is 16.3. The standard InChI is InChI=1S/C7H13N3O3/c11-4-3-8-10-7(13)5-1-2-6(12)9-5/h5,8,11H,1-4H2,(H,9,12)(H,10,13). The minimum Gasteiger partial charge on any atom is -0.395 e. The summed E-state index contributed by atoms with van der Waals surface area (Å²) < 4.78 is 0. The molecule has 0 aromatic rings. The quantitative estimate of drug-likeness (QED) is 0.299. The molecule has 0 aromatic carbocycles. The highest BCUT2D eigenvalue weighted by Crippen LogP contribution is 2.05. The molecule has 13 heavy (non-hydrogen) atoms. The van der Waals surface area contributed by atoms with Gasteiger partial charge < -0.3 is 10.4 Å². The van der Waals surface area contributed by atoms with E-state index in [1.807, 2.05) is 0 Å². The number of carbonyl (C=O) groups is 2. The zero-order chi connectivity index (χ0) is 9.68. The molecule has 0 aliphatic carbocycles. The van der Waals surface area contributed by atoms with Crippen LogP contribution in [0.2, 0.25) is 0 Å². The Morgan fingerprint density at radius 3 is 3.00 bits per heavy atom. The second-order valence-electron chi connectivity index (χ2n) is 2.80. The lowest BCUT2D eigenvalue weighted by molar-refractivity contribution is -0.126. The van der Waals surface area contributed by atoms with Crippen molar-refractivity contribution in [3.8, 4) is 0 Å². The van der Waals surface area contributed by atoms with Gasteiger partial charge in [-0.15, -0.1) is 0 Å². The summed E-state index contributed by atoms with van der Waals surface area (Å²) in [6.45, 7) is 0.254. The van der Waals surface area contributed by atoms with Crippen molar-refractivity contribution in [2.24, 2.45) is 0 Å². The smallest absolute Gasteiger partial charge is 0.256 e. The highest BCUT2D eigenvalue weighted by molar-refractivity contribution is 5.90. The van der Waals surface area contributed by atoms with Crippen molar-refractivity contribution in [3.05, 3.63) is 0 Å². The van der Waals surface area contributed by atoms with Gasteiger partial charge in [0.25, 0.3) is 5.91 Å². The molecule has 1 fully saturated rings. The predicted molar refractivity (Wildman–Crippen MR) is 44.4 cm³/mol. The zero-order valence-electron chi connectivity index (χ0n) is 7.17. The molecule has 1 rings (SSSR count). The molecule has 1 atom stereocenters. The monoisotopic (exact) mass is 187 g/mol. The summed E-state index contributed by atoms with van der Waals surface area (Å²) >= 11 is 0. The third-order valence-corrected chi connectivity index (χ3v) is 1.76. The van der Waals surface area contributed by atoms with E-state index in [2.05, 4.69) is 16.2 Å². The van der Waals surface area contributed by atoms with Gasteiger partial charge in [0, 0.05) is 13.0 Å². The maximum Gasteiger partial charge on any atom is 0.256 e. The minimum atomic E-state index is -0.432. The van der Waals surface area contributed by atoms with Crippen molar-refractivity contribution in [1.82, 2.24) is 16.2 Å². The molecule has 74 valence electrons. The van der Waals surface area contributed by atoms with Gasteiger partial charge >= 0.3 is 0 Å². The van der Waals surface area contributed by atoms with Crippen LogP contribution in [0.3, 0.4) is 0 Å². The average Bonchev–Trinajstić information content (AvgIpc) is 2.52. The van der Waals surface area contributed by atoms with Crippen molar-refractivity contribution in [1.29, 1.82) is 0 Å². The maximum absolute atomic E-state index is 11.2. The number of rotatable bonds is 4. The average molecular weight is 187 g/mol. The number of hydrogen-bond donors (Lipinski definition) is 4. The van der Waals surface area contributed by atoms with Crippen LogP contribution < -0.4 is 16.2 Å². The second-order valence-corrected chi connectivity index (χ2v) is 2.80. The first-order valence-corrected chi connectivity index (χ1v) is 4.17. The van der Waals surface area contributed by atoms with Crippen molar-refractivity contribution < 1.29 is 14.7 Å². The number of hydrogen-bond acceptors (Lipinski definition) is 4. The summed E-state index contributed by atoms with van der Waals surface area (Å²) in [5.74, 6) is -0.360. The van der Waals surface area contributed by atoms with Gasteiger partial charge in [0.1, 0.15) is 6.04 Å². The van der Waals surface area contributed by atoms with E-state index in [1.165, 1.54) is 0 Å². The molecular formula is C7H13N3O3. The molecule has 0 radical (unpaired) electrons. The topological polar surface area (TPSA) is 90.5 Å². The van der Waals surface area contributed by atoms with Gasteiger partial charge in [-0.3, -0.25) is 15.0 Å². The molecule has 0 spiro atoms. The van der Waals surface area contributed by atoms with Crippen LogP contribution in [0.1, 0.15) is 12.8 Å². The van der Waals surface area contributed by atoms with Gasteiger partial charge in [-0.25, -0.2) is 5.43 Å². The van der Waals surface area contributed by atoms with Crippen LogP contribution in [0.15, 0.2) is 0 Å². The fourth-order valence-electron chi connectivity index (χ4n) is 1.10. The van der Waals surface area contributed by atoms with E-state index in [0.717, 1.165) is 0 Å². The number of nitrogens with one attached hydrogen (secondary N) is 3. The Hall–Kier alpha value is -1.14. The Morgan fingerprint density at radius 1 is 1.69 bits per heavy atom. The second kappa shape index (κ2) is 4.78. The number of aliphatic hydroxyl groups is 1. The van der Waals surface area contributed by atoms with E-state index in [-0.39, 0.29) is 18.4 Å². The molecule has 1 aliphatic heterocycles. The lowest BCUT2D eigenvalue weighted by Gasteiger charge is -2.10. The molecule has 0 saturated carbocycles.